The van der Waals surface area contributed by atoms with Crippen LogP contribution in [-0.4, -0.2) is 22.4 Å². The first-order valence-corrected chi connectivity index (χ1v) is 7.53. The van der Waals surface area contributed by atoms with Crippen molar-refractivity contribution in [3.05, 3.63) is 51.3 Å². The lowest BCUT2D eigenvalue weighted by atomic mass is 10.1. The Balaban J connectivity index is 1.70. The van der Waals surface area contributed by atoms with Crippen molar-refractivity contribution in [1.29, 1.82) is 0 Å². The molecule has 0 aliphatic carbocycles. The summed E-state index contributed by atoms with van der Waals surface area (Å²) >= 11 is 7.16. The predicted molar refractivity (Wildman–Crippen MR) is 81.4 cm³/mol. The standard InChI is InChI=1S/C14H11ClFN3OS/c15-9-5-10-8(7-19-12(10)11(16)6-9)1-2-17-13(20)14-18-3-4-21-14/h3-7,19H,1-2H2,(H,17,20). The van der Waals surface area contributed by atoms with Crippen molar-refractivity contribution in [2.45, 2.75) is 6.42 Å². The SMILES string of the molecule is O=C(NCCc1c[nH]c2c(F)cc(Cl)cc12)c1nccs1. The Morgan fingerprint density at radius 3 is 3.10 bits per heavy atom. The number of carbonyl (C=O) groups is 1. The van der Waals surface area contributed by atoms with Crippen molar-refractivity contribution in [3.63, 3.8) is 0 Å². The molecule has 0 atom stereocenters. The average Bonchev–Trinajstić information content (AvgIpc) is 3.08. The van der Waals surface area contributed by atoms with Gasteiger partial charge in [0.1, 0.15) is 5.82 Å². The maximum atomic E-state index is 13.7. The molecule has 0 bridgehead atoms. The van der Waals surface area contributed by atoms with Gasteiger partial charge in [-0.3, -0.25) is 4.79 Å². The Bertz CT molecular complexity index is 785. The molecule has 7 heteroatoms. The highest BCUT2D eigenvalue weighted by molar-refractivity contribution is 7.11. The smallest absolute Gasteiger partial charge is 0.280 e. The van der Waals surface area contributed by atoms with E-state index in [0.717, 1.165) is 10.9 Å². The lowest BCUT2D eigenvalue weighted by Crippen LogP contribution is -2.25. The van der Waals surface area contributed by atoms with Gasteiger partial charge in [-0.25, -0.2) is 9.37 Å². The van der Waals surface area contributed by atoms with E-state index in [1.165, 1.54) is 17.4 Å². The number of hydrogen-bond donors (Lipinski definition) is 2. The van der Waals surface area contributed by atoms with Gasteiger partial charge in [-0.15, -0.1) is 11.3 Å². The van der Waals surface area contributed by atoms with Crippen molar-refractivity contribution in [2.24, 2.45) is 0 Å². The van der Waals surface area contributed by atoms with Crippen LogP contribution in [0, 0.1) is 5.82 Å². The summed E-state index contributed by atoms with van der Waals surface area (Å²) in [5.74, 6) is -0.579. The minimum atomic E-state index is -0.379. The number of aromatic amines is 1. The number of hydrogen-bond acceptors (Lipinski definition) is 3. The van der Waals surface area contributed by atoms with E-state index in [0.29, 0.717) is 28.5 Å². The number of amides is 1. The molecule has 2 N–H and O–H groups in total. The van der Waals surface area contributed by atoms with E-state index in [-0.39, 0.29) is 11.7 Å². The molecule has 0 fully saturated rings. The van der Waals surface area contributed by atoms with Crippen LogP contribution in [0.4, 0.5) is 4.39 Å². The molecular formula is C14H11ClFN3OS. The van der Waals surface area contributed by atoms with Crippen molar-refractivity contribution >= 4 is 39.7 Å². The number of fused-ring (bicyclic) bond motifs is 1. The summed E-state index contributed by atoms with van der Waals surface area (Å²) in [6.07, 6.45) is 3.90. The fourth-order valence-corrected chi connectivity index (χ4v) is 2.90. The van der Waals surface area contributed by atoms with Crippen molar-refractivity contribution in [2.75, 3.05) is 6.54 Å². The maximum Gasteiger partial charge on any atom is 0.280 e. The molecule has 2 aromatic heterocycles. The van der Waals surface area contributed by atoms with Gasteiger partial charge < -0.3 is 10.3 Å². The molecule has 2 heterocycles. The number of halogens is 2. The molecule has 108 valence electrons. The maximum absolute atomic E-state index is 13.7. The van der Waals surface area contributed by atoms with Crippen LogP contribution in [0.3, 0.4) is 0 Å². The molecule has 21 heavy (non-hydrogen) atoms. The van der Waals surface area contributed by atoms with Gasteiger partial charge >= 0.3 is 0 Å². The second-order valence-corrected chi connectivity index (χ2v) is 5.80. The highest BCUT2D eigenvalue weighted by atomic mass is 35.5. The van der Waals surface area contributed by atoms with E-state index in [9.17, 15) is 9.18 Å². The second kappa shape index (κ2) is 5.83. The molecule has 0 spiro atoms. The molecule has 3 aromatic rings. The summed E-state index contributed by atoms with van der Waals surface area (Å²) < 4.78 is 13.7. The Labute approximate surface area is 129 Å². The number of rotatable bonds is 4. The highest BCUT2D eigenvalue weighted by Gasteiger charge is 2.11. The Morgan fingerprint density at radius 2 is 2.33 bits per heavy atom. The minimum Gasteiger partial charge on any atom is -0.359 e. The molecule has 0 saturated carbocycles. The van der Waals surface area contributed by atoms with Crippen LogP contribution >= 0.6 is 22.9 Å². The predicted octanol–water partition coefficient (Wildman–Crippen LogP) is 3.39. The van der Waals surface area contributed by atoms with Crippen LogP contribution in [-0.2, 0) is 6.42 Å². The first-order valence-electron chi connectivity index (χ1n) is 6.28. The highest BCUT2D eigenvalue weighted by Crippen LogP contribution is 2.25. The number of nitrogens with zero attached hydrogens (tertiary/aromatic N) is 1. The third-order valence-corrected chi connectivity index (χ3v) is 4.09. The van der Waals surface area contributed by atoms with E-state index in [1.807, 2.05) is 0 Å². The monoisotopic (exact) mass is 323 g/mol. The van der Waals surface area contributed by atoms with Crippen LogP contribution in [0.2, 0.25) is 5.02 Å². The van der Waals surface area contributed by atoms with Gasteiger partial charge in [-0.05, 0) is 24.1 Å². The van der Waals surface area contributed by atoms with E-state index in [2.05, 4.69) is 15.3 Å². The van der Waals surface area contributed by atoms with Gasteiger partial charge in [0.05, 0.1) is 5.52 Å². The summed E-state index contributed by atoms with van der Waals surface area (Å²) in [7, 11) is 0. The van der Waals surface area contributed by atoms with Crippen LogP contribution in [0.15, 0.2) is 29.9 Å². The van der Waals surface area contributed by atoms with Crippen molar-refractivity contribution in [1.82, 2.24) is 15.3 Å². The lowest BCUT2D eigenvalue weighted by molar-refractivity contribution is 0.0954. The molecule has 0 aliphatic rings. The average molecular weight is 324 g/mol. The fraction of sp³-hybridized carbons (Fsp3) is 0.143. The molecule has 0 unspecified atom stereocenters. The van der Waals surface area contributed by atoms with E-state index < -0.39 is 0 Å². The van der Waals surface area contributed by atoms with Gasteiger partial charge in [0.2, 0.25) is 0 Å². The number of H-pyrrole nitrogens is 1. The normalized spacial score (nSPS) is 11.0. The second-order valence-electron chi connectivity index (χ2n) is 4.47. The fourth-order valence-electron chi connectivity index (χ4n) is 2.14. The van der Waals surface area contributed by atoms with Crippen LogP contribution in [0.1, 0.15) is 15.4 Å². The minimum absolute atomic E-state index is 0.200. The molecule has 3 rings (SSSR count). The summed E-state index contributed by atoms with van der Waals surface area (Å²) in [4.78, 5) is 18.6. The summed E-state index contributed by atoms with van der Waals surface area (Å²) in [5, 5.41) is 6.06. The van der Waals surface area contributed by atoms with Crippen LogP contribution < -0.4 is 5.32 Å². The number of benzene rings is 1. The first-order chi connectivity index (χ1) is 10.1. The zero-order valence-corrected chi connectivity index (χ0v) is 12.4. The summed E-state index contributed by atoms with van der Waals surface area (Å²) in [6.45, 7) is 0.444. The molecule has 4 nitrogen and oxygen atoms in total. The zero-order valence-electron chi connectivity index (χ0n) is 10.8. The van der Waals surface area contributed by atoms with E-state index >= 15 is 0 Å². The largest absolute Gasteiger partial charge is 0.359 e. The van der Waals surface area contributed by atoms with Gasteiger partial charge in [0.25, 0.3) is 5.91 Å². The van der Waals surface area contributed by atoms with Crippen molar-refractivity contribution < 1.29 is 9.18 Å². The third-order valence-electron chi connectivity index (χ3n) is 3.10. The zero-order chi connectivity index (χ0) is 14.8. The van der Waals surface area contributed by atoms with Crippen LogP contribution in [0.5, 0.6) is 0 Å². The molecule has 0 saturated heterocycles. The summed E-state index contributed by atoms with van der Waals surface area (Å²) in [5.41, 5.74) is 1.34. The van der Waals surface area contributed by atoms with Gasteiger partial charge in [0, 0.05) is 34.7 Å². The number of aromatic nitrogens is 2. The van der Waals surface area contributed by atoms with E-state index in [4.69, 9.17) is 11.6 Å². The lowest BCUT2D eigenvalue weighted by Gasteiger charge is -2.03. The first kappa shape index (κ1) is 14.0. The van der Waals surface area contributed by atoms with E-state index in [1.54, 1.807) is 23.8 Å². The Morgan fingerprint density at radius 1 is 1.48 bits per heavy atom. The topological polar surface area (TPSA) is 57.8 Å². The van der Waals surface area contributed by atoms with Gasteiger partial charge in [-0.2, -0.15) is 0 Å². The van der Waals surface area contributed by atoms with Crippen LogP contribution in [0.25, 0.3) is 10.9 Å². The Kier molecular flexibility index (Phi) is 3.90. The summed E-state index contributed by atoms with van der Waals surface area (Å²) in [6, 6.07) is 2.99. The van der Waals surface area contributed by atoms with Gasteiger partial charge in [-0.1, -0.05) is 11.6 Å². The van der Waals surface area contributed by atoms with Gasteiger partial charge in [0.15, 0.2) is 5.01 Å². The third kappa shape index (κ3) is 2.91. The molecule has 0 aliphatic heterocycles. The molecule has 1 amide bonds. The number of nitrogens with one attached hydrogen (secondary N) is 2. The Hall–Kier alpha value is -1.92. The molecule has 0 radical (unpaired) electrons. The molecule has 1 aromatic carbocycles. The number of carbonyl (C=O) groups excluding carboxylic acids is 1. The molecular weight excluding hydrogens is 313 g/mol. The quantitative estimate of drug-likeness (QED) is 0.773. The number of thiazole rings is 1. The van der Waals surface area contributed by atoms with Crippen molar-refractivity contribution in [3.8, 4) is 0 Å².